The van der Waals surface area contributed by atoms with E-state index in [0.717, 1.165) is 43.5 Å². The monoisotopic (exact) mass is 472 g/mol. The Kier molecular flexibility index (Phi) is 5.65. The van der Waals surface area contributed by atoms with Crippen LogP contribution in [0.1, 0.15) is 30.7 Å². The molecule has 0 bridgehead atoms. The van der Waals surface area contributed by atoms with E-state index in [1.165, 1.54) is 0 Å². The number of nitrogens with zero attached hydrogens (tertiary/aromatic N) is 3. The van der Waals surface area contributed by atoms with Crippen LogP contribution < -0.4 is 4.72 Å². The highest BCUT2D eigenvalue weighted by Gasteiger charge is 2.37. The summed E-state index contributed by atoms with van der Waals surface area (Å²) in [4.78, 5) is -1.07. The van der Waals surface area contributed by atoms with Gasteiger partial charge in [0.1, 0.15) is 17.5 Å². The Morgan fingerprint density at radius 2 is 1.72 bits per heavy atom. The van der Waals surface area contributed by atoms with Crippen LogP contribution in [-0.2, 0) is 29.2 Å². The first-order valence-electron chi connectivity index (χ1n) is 9.68. The Morgan fingerprint density at radius 3 is 2.47 bits per heavy atom. The lowest BCUT2D eigenvalue weighted by atomic mass is 10.1. The molecule has 2 heterocycles. The number of sulfonamides is 1. The molecule has 32 heavy (non-hydrogen) atoms. The first kappa shape index (κ1) is 22.2. The molecular formula is C20H17F5N4O2S. The number of anilines is 1. The van der Waals surface area contributed by atoms with E-state index in [4.69, 9.17) is 0 Å². The number of hydrogen-bond acceptors (Lipinski definition) is 4. The SMILES string of the molecule is O=S(=O)(Nc1cc(-c2nnc3n2CCCCC3)c(F)cc1F)c1ccccc1C(F)(F)F. The minimum absolute atomic E-state index is 0.0931. The standard InChI is InChI=1S/C20H17F5N4O2S/c21-14-11-15(22)16(10-12(14)19-27-26-18-8-2-1-5-9-29(18)19)28-32(30,31)17-7-4-3-6-13(17)20(23,24)25/h3-4,6-7,10-11,28H,1-2,5,8-9H2. The van der Waals surface area contributed by atoms with Crippen molar-refractivity contribution < 1.29 is 30.4 Å². The molecule has 0 aliphatic carbocycles. The zero-order valence-electron chi connectivity index (χ0n) is 16.5. The fourth-order valence-corrected chi connectivity index (χ4v) is 4.90. The van der Waals surface area contributed by atoms with E-state index in [1.54, 1.807) is 4.57 Å². The smallest absolute Gasteiger partial charge is 0.311 e. The molecule has 0 atom stereocenters. The van der Waals surface area contributed by atoms with E-state index < -0.39 is 44.0 Å². The maximum Gasteiger partial charge on any atom is 0.417 e. The van der Waals surface area contributed by atoms with Crippen molar-refractivity contribution >= 4 is 15.7 Å². The summed E-state index contributed by atoms with van der Waals surface area (Å²) in [5.41, 5.74) is -2.32. The van der Waals surface area contributed by atoms with Crippen LogP contribution in [0.5, 0.6) is 0 Å². The molecule has 0 saturated heterocycles. The largest absolute Gasteiger partial charge is 0.417 e. The Bertz CT molecular complexity index is 1270. The number of rotatable bonds is 4. The number of alkyl halides is 3. The van der Waals surface area contributed by atoms with Gasteiger partial charge in [0.15, 0.2) is 5.82 Å². The molecular weight excluding hydrogens is 455 g/mol. The normalized spacial score (nSPS) is 14.7. The molecule has 0 amide bonds. The summed E-state index contributed by atoms with van der Waals surface area (Å²) >= 11 is 0. The topological polar surface area (TPSA) is 76.9 Å². The first-order chi connectivity index (χ1) is 15.1. The fraction of sp³-hybridized carbons (Fsp3) is 0.300. The molecule has 0 spiro atoms. The van der Waals surface area contributed by atoms with E-state index in [2.05, 4.69) is 10.2 Å². The van der Waals surface area contributed by atoms with Crippen molar-refractivity contribution in [1.82, 2.24) is 14.8 Å². The Morgan fingerprint density at radius 1 is 0.969 bits per heavy atom. The van der Waals surface area contributed by atoms with Crippen molar-refractivity contribution in [2.24, 2.45) is 0 Å². The van der Waals surface area contributed by atoms with Gasteiger partial charge in [0.25, 0.3) is 10.0 Å². The molecule has 0 unspecified atom stereocenters. The molecule has 0 fully saturated rings. The Hall–Kier alpha value is -3.02. The van der Waals surface area contributed by atoms with Crippen molar-refractivity contribution in [3.8, 4) is 11.4 Å². The van der Waals surface area contributed by atoms with Gasteiger partial charge in [0.2, 0.25) is 0 Å². The van der Waals surface area contributed by atoms with Crippen LogP contribution in [0.2, 0.25) is 0 Å². The van der Waals surface area contributed by atoms with Gasteiger partial charge in [-0.25, -0.2) is 17.2 Å². The number of aryl methyl sites for hydroxylation is 1. The van der Waals surface area contributed by atoms with Crippen molar-refractivity contribution in [3.05, 3.63) is 59.4 Å². The van der Waals surface area contributed by atoms with E-state index >= 15 is 0 Å². The Balaban J connectivity index is 1.77. The van der Waals surface area contributed by atoms with Crippen molar-refractivity contribution in [2.75, 3.05) is 4.72 Å². The van der Waals surface area contributed by atoms with Gasteiger partial charge in [-0.15, -0.1) is 10.2 Å². The van der Waals surface area contributed by atoms with Crippen LogP contribution in [0, 0.1) is 11.6 Å². The van der Waals surface area contributed by atoms with E-state index in [-0.39, 0.29) is 11.4 Å². The lowest BCUT2D eigenvalue weighted by molar-refractivity contribution is -0.139. The molecule has 0 radical (unpaired) electrons. The quantitative estimate of drug-likeness (QED) is 0.555. The van der Waals surface area contributed by atoms with Crippen LogP contribution in [0.15, 0.2) is 41.3 Å². The van der Waals surface area contributed by atoms with Gasteiger partial charge in [0.05, 0.1) is 21.7 Å². The third kappa shape index (κ3) is 4.18. The highest BCUT2D eigenvalue weighted by molar-refractivity contribution is 7.92. The maximum atomic E-state index is 14.6. The maximum absolute atomic E-state index is 14.6. The predicted octanol–water partition coefficient (Wildman–Crippen LogP) is 4.77. The molecule has 170 valence electrons. The first-order valence-corrected chi connectivity index (χ1v) is 11.2. The van der Waals surface area contributed by atoms with E-state index in [9.17, 15) is 30.4 Å². The zero-order valence-corrected chi connectivity index (χ0v) is 17.3. The second kappa shape index (κ2) is 8.15. The van der Waals surface area contributed by atoms with Crippen molar-refractivity contribution in [1.29, 1.82) is 0 Å². The van der Waals surface area contributed by atoms with Crippen LogP contribution in [-0.4, -0.2) is 23.2 Å². The van der Waals surface area contributed by atoms with Crippen molar-refractivity contribution in [2.45, 2.75) is 43.3 Å². The summed E-state index contributed by atoms with van der Waals surface area (Å²) in [6, 6.07) is 4.84. The van der Waals surface area contributed by atoms with E-state index in [0.29, 0.717) is 30.9 Å². The minimum atomic E-state index is -4.95. The number of hydrogen-bond donors (Lipinski definition) is 1. The predicted molar refractivity (Wildman–Crippen MR) is 105 cm³/mol. The van der Waals surface area contributed by atoms with Gasteiger partial charge in [-0.1, -0.05) is 18.6 Å². The summed E-state index contributed by atoms with van der Waals surface area (Å²) in [7, 11) is -4.85. The molecule has 1 aliphatic rings. The molecule has 1 N–H and O–H groups in total. The van der Waals surface area contributed by atoms with Crippen LogP contribution in [0.4, 0.5) is 27.6 Å². The lowest BCUT2D eigenvalue weighted by Crippen LogP contribution is -2.19. The molecule has 12 heteroatoms. The average Bonchev–Trinajstić information content (AvgIpc) is 2.97. The number of fused-ring (bicyclic) bond motifs is 1. The molecule has 0 saturated carbocycles. The van der Waals surface area contributed by atoms with Gasteiger partial charge < -0.3 is 4.57 Å². The van der Waals surface area contributed by atoms with Crippen molar-refractivity contribution in [3.63, 3.8) is 0 Å². The molecule has 4 rings (SSSR count). The molecule has 2 aromatic carbocycles. The number of benzene rings is 2. The minimum Gasteiger partial charge on any atom is -0.311 e. The molecule has 3 aromatic rings. The van der Waals surface area contributed by atoms with Gasteiger partial charge >= 0.3 is 6.18 Å². The van der Waals surface area contributed by atoms with Crippen LogP contribution >= 0.6 is 0 Å². The van der Waals surface area contributed by atoms with Gasteiger partial charge in [-0.3, -0.25) is 4.72 Å². The van der Waals surface area contributed by atoms with E-state index in [1.807, 2.05) is 4.72 Å². The second-order valence-electron chi connectivity index (χ2n) is 7.31. The van der Waals surface area contributed by atoms with Gasteiger partial charge in [0, 0.05) is 19.0 Å². The van der Waals surface area contributed by atoms with Gasteiger partial charge in [-0.05, 0) is 31.0 Å². The zero-order chi connectivity index (χ0) is 23.1. The number of nitrogens with one attached hydrogen (secondary N) is 1. The molecule has 1 aromatic heterocycles. The van der Waals surface area contributed by atoms with Gasteiger partial charge in [-0.2, -0.15) is 13.2 Å². The summed E-state index contributed by atoms with van der Waals surface area (Å²) in [6.45, 7) is 0.508. The fourth-order valence-electron chi connectivity index (χ4n) is 3.62. The average molecular weight is 472 g/mol. The third-order valence-electron chi connectivity index (χ3n) is 5.13. The number of halogens is 5. The summed E-state index contributed by atoms with van der Waals surface area (Å²) in [6.07, 6.45) is -1.69. The second-order valence-corrected chi connectivity index (χ2v) is 8.96. The number of aromatic nitrogens is 3. The lowest BCUT2D eigenvalue weighted by Gasteiger charge is -2.15. The van der Waals surface area contributed by atoms with Crippen LogP contribution in [0.3, 0.4) is 0 Å². The third-order valence-corrected chi connectivity index (χ3v) is 6.56. The Labute approximate surface area is 180 Å². The highest BCUT2D eigenvalue weighted by atomic mass is 32.2. The highest BCUT2D eigenvalue weighted by Crippen LogP contribution is 2.36. The molecule has 1 aliphatic heterocycles. The molecule has 6 nitrogen and oxygen atoms in total. The summed E-state index contributed by atoms with van der Waals surface area (Å²) in [5.74, 6) is -1.56. The van der Waals surface area contributed by atoms with Crippen LogP contribution in [0.25, 0.3) is 11.4 Å². The summed E-state index contributed by atoms with van der Waals surface area (Å²) in [5, 5.41) is 8.00. The summed E-state index contributed by atoms with van der Waals surface area (Å²) < 4.78 is 97.6.